The van der Waals surface area contributed by atoms with Gasteiger partial charge < -0.3 is 18.6 Å². The maximum absolute atomic E-state index is 12.8. The van der Waals surface area contributed by atoms with E-state index in [9.17, 15) is 9.59 Å². The van der Waals surface area contributed by atoms with Gasteiger partial charge in [0.2, 0.25) is 11.2 Å². The molecule has 6 heteroatoms. The van der Waals surface area contributed by atoms with Crippen molar-refractivity contribution in [1.82, 2.24) is 0 Å². The number of hydrogen-bond donors (Lipinski definition) is 0. The molecule has 0 radical (unpaired) electrons. The van der Waals surface area contributed by atoms with Crippen LogP contribution in [-0.4, -0.2) is 12.6 Å². The fourth-order valence-electron chi connectivity index (χ4n) is 3.05. The van der Waals surface area contributed by atoms with Crippen molar-refractivity contribution in [2.75, 3.05) is 6.61 Å². The molecule has 0 aliphatic rings. The first kappa shape index (κ1) is 20.2. The van der Waals surface area contributed by atoms with Crippen LogP contribution >= 0.6 is 0 Å². The standard InChI is InChI=1S/C25H20O6/c1-3-28-18-9-7-17(8-10-18)25(27)31-20-11-12-21-22(14-20)29-15-23(24(21)26)30-19-6-4-5-16(2)13-19/h4-15H,3H2,1-2H3. The average Bonchev–Trinajstić information content (AvgIpc) is 2.76. The molecule has 4 aromatic rings. The number of carbonyl (C=O) groups is 1. The van der Waals surface area contributed by atoms with E-state index in [2.05, 4.69) is 0 Å². The van der Waals surface area contributed by atoms with E-state index in [0.717, 1.165) is 5.56 Å². The van der Waals surface area contributed by atoms with Crippen molar-refractivity contribution in [2.45, 2.75) is 13.8 Å². The van der Waals surface area contributed by atoms with E-state index in [0.29, 0.717) is 34.6 Å². The highest BCUT2D eigenvalue weighted by Crippen LogP contribution is 2.25. The Morgan fingerprint density at radius 2 is 1.71 bits per heavy atom. The lowest BCUT2D eigenvalue weighted by Crippen LogP contribution is -2.09. The Morgan fingerprint density at radius 1 is 0.935 bits per heavy atom. The predicted molar refractivity (Wildman–Crippen MR) is 116 cm³/mol. The lowest BCUT2D eigenvalue weighted by Gasteiger charge is -2.08. The summed E-state index contributed by atoms with van der Waals surface area (Å²) in [6.45, 7) is 4.37. The Kier molecular flexibility index (Phi) is 5.71. The summed E-state index contributed by atoms with van der Waals surface area (Å²) in [5, 5.41) is 0.325. The lowest BCUT2D eigenvalue weighted by atomic mass is 10.2. The molecular weight excluding hydrogens is 396 g/mol. The van der Waals surface area contributed by atoms with Gasteiger partial charge in [-0.15, -0.1) is 0 Å². The van der Waals surface area contributed by atoms with Crippen molar-refractivity contribution in [3.05, 3.63) is 94.3 Å². The molecule has 4 rings (SSSR count). The van der Waals surface area contributed by atoms with E-state index in [1.54, 1.807) is 42.5 Å². The fourth-order valence-corrected chi connectivity index (χ4v) is 3.05. The normalized spacial score (nSPS) is 10.6. The summed E-state index contributed by atoms with van der Waals surface area (Å²) in [7, 11) is 0. The second-order valence-electron chi connectivity index (χ2n) is 6.85. The Morgan fingerprint density at radius 3 is 2.45 bits per heavy atom. The van der Waals surface area contributed by atoms with Gasteiger partial charge in [-0.25, -0.2) is 4.79 Å². The molecule has 3 aromatic carbocycles. The minimum absolute atomic E-state index is 0.0808. The monoisotopic (exact) mass is 416 g/mol. The number of benzene rings is 3. The number of esters is 1. The van der Waals surface area contributed by atoms with Crippen LogP contribution in [0.25, 0.3) is 11.0 Å². The molecular formula is C25H20O6. The van der Waals surface area contributed by atoms with Gasteiger partial charge in [-0.1, -0.05) is 12.1 Å². The van der Waals surface area contributed by atoms with E-state index >= 15 is 0 Å². The Balaban J connectivity index is 1.54. The molecule has 0 aliphatic heterocycles. The molecule has 31 heavy (non-hydrogen) atoms. The highest BCUT2D eigenvalue weighted by molar-refractivity contribution is 5.91. The molecule has 156 valence electrons. The van der Waals surface area contributed by atoms with Crippen LogP contribution in [0.5, 0.6) is 23.0 Å². The van der Waals surface area contributed by atoms with Gasteiger partial charge in [0.25, 0.3) is 0 Å². The van der Waals surface area contributed by atoms with Crippen LogP contribution in [0.2, 0.25) is 0 Å². The summed E-state index contributed by atoms with van der Waals surface area (Å²) in [6, 6.07) is 18.6. The van der Waals surface area contributed by atoms with E-state index in [1.165, 1.54) is 12.3 Å². The van der Waals surface area contributed by atoms with Gasteiger partial charge in [0, 0.05) is 6.07 Å². The molecule has 1 aromatic heterocycles. The number of aryl methyl sites for hydroxylation is 1. The molecule has 0 amide bonds. The number of carbonyl (C=O) groups excluding carboxylic acids is 1. The zero-order chi connectivity index (χ0) is 21.8. The van der Waals surface area contributed by atoms with Crippen LogP contribution in [0.15, 0.2) is 82.2 Å². The minimum Gasteiger partial charge on any atom is -0.494 e. The van der Waals surface area contributed by atoms with Gasteiger partial charge in [0.15, 0.2) is 0 Å². The second kappa shape index (κ2) is 8.75. The van der Waals surface area contributed by atoms with Crippen LogP contribution in [0, 0.1) is 6.92 Å². The number of hydrogen-bond acceptors (Lipinski definition) is 6. The first-order valence-corrected chi connectivity index (χ1v) is 9.78. The van der Waals surface area contributed by atoms with Gasteiger partial charge >= 0.3 is 5.97 Å². The van der Waals surface area contributed by atoms with Crippen LogP contribution in [0.3, 0.4) is 0 Å². The van der Waals surface area contributed by atoms with Gasteiger partial charge in [-0.2, -0.15) is 0 Å². The summed E-state index contributed by atoms with van der Waals surface area (Å²) >= 11 is 0. The highest BCUT2D eigenvalue weighted by atomic mass is 16.5. The van der Waals surface area contributed by atoms with Gasteiger partial charge in [0.05, 0.1) is 17.6 Å². The van der Waals surface area contributed by atoms with Crippen molar-refractivity contribution >= 4 is 16.9 Å². The largest absolute Gasteiger partial charge is 0.494 e. The molecule has 0 atom stereocenters. The summed E-state index contributed by atoms with van der Waals surface area (Å²) in [6.07, 6.45) is 1.26. The number of rotatable bonds is 6. The number of fused-ring (bicyclic) bond motifs is 1. The van der Waals surface area contributed by atoms with Crippen molar-refractivity contribution in [2.24, 2.45) is 0 Å². The second-order valence-corrected chi connectivity index (χ2v) is 6.85. The van der Waals surface area contributed by atoms with Crippen molar-refractivity contribution < 1.29 is 23.4 Å². The molecule has 0 saturated heterocycles. The third kappa shape index (κ3) is 4.59. The smallest absolute Gasteiger partial charge is 0.343 e. The maximum Gasteiger partial charge on any atom is 0.343 e. The van der Waals surface area contributed by atoms with E-state index < -0.39 is 5.97 Å². The van der Waals surface area contributed by atoms with Crippen LogP contribution < -0.4 is 19.6 Å². The fraction of sp³-hybridized carbons (Fsp3) is 0.120. The van der Waals surface area contributed by atoms with E-state index in [1.807, 2.05) is 32.0 Å². The zero-order valence-electron chi connectivity index (χ0n) is 17.1. The molecule has 0 saturated carbocycles. The summed E-state index contributed by atoms with van der Waals surface area (Å²) in [5.74, 6) is 1.05. The zero-order valence-corrected chi connectivity index (χ0v) is 17.1. The van der Waals surface area contributed by atoms with Gasteiger partial charge in [-0.3, -0.25) is 4.79 Å². The predicted octanol–water partition coefficient (Wildman–Crippen LogP) is 5.51. The Hall–Kier alpha value is -4.06. The Labute approximate surface area is 178 Å². The molecule has 1 heterocycles. The third-order valence-corrected chi connectivity index (χ3v) is 4.54. The molecule has 0 spiro atoms. The summed E-state index contributed by atoms with van der Waals surface area (Å²) in [4.78, 5) is 25.1. The molecule has 6 nitrogen and oxygen atoms in total. The molecule has 0 fully saturated rings. The van der Waals surface area contributed by atoms with Crippen molar-refractivity contribution in [3.8, 4) is 23.0 Å². The molecule has 0 unspecified atom stereocenters. The average molecular weight is 416 g/mol. The molecule has 0 aliphatic carbocycles. The Bertz CT molecular complexity index is 1290. The van der Waals surface area contributed by atoms with Crippen LogP contribution in [0.4, 0.5) is 0 Å². The van der Waals surface area contributed by atoms with Gasteiger partial charge in [-0.05, 0) is 67.9 Å². The molecule has 0 N–H and O–H groups in total. The third-order valence-electron chi connectivity index (χ3n) is 4.54. The first-order chi connectivity index (χ1) is 15.0. The lowest BCUT2D eigenvalue weighted by molar-refractivity contribution is 0.0735. The topological polar surface area (TPSA) is 75.0 Å². The van der Waals surface area contributed by atoms with E-state index in [4.69, 9.17) is 18.6 Å². The summed E-state index contributed by atoms with van der Waals surface area (Å²) in [5.41, 5.74) is 1.37. The maximum atomic E-state index is 12.8. The van der Waals surface area contributed by atoms with Gasteiger partial charge in [0.1, 0.15) is 29.1 Å². The SMILES string of the molecule is CCOc1ccc(C(=O)Oc2ccc3c(=O)c(Oc4cccc(C)c4)coc3c2)cc1. The molecule has 0 bridgehead atoms. The quantitative estimate of drug-likeness (QED) is 0.305. The van der Waals surface area contributed by atoms with Crippen LogP contribution in [-0.2, 0) is 0 Å². The van der Waals surface area contributed by atoms with E-state index in [-0.39, 0.29) is 16.9 Å². The highest BCUT2D eigenvalue weighted by Gasteiger charge is 2.13. The van der Waals surface area contributed by atoms with Crippen LogP contribution in [0.1, 0.15) is 22.8 Å². The van der Waals surface area contributed by atoms with Crippen molar-refractivity contribution in [3.63, 3.8) is 0 Å². The van der Waals surface area contributed by atoms with Crippen molar-refractivity contribution in [1.29, 1.82) is 0 Å². The number of ether oxygens (including phenoxy) is 3. The summed E-state index contributed by atoms with van der Waals surface area (Å²) < 4.78 is 22.0. The first-order valence-electron chi connectivity index (χ1n) is 9.78. The minimum atomic E-state index is -0.524.